The highest BCUT2D eigenvalue weighted by molar-refractivity contribution is 5.95. The zero-order valence-electron chi connectivity index (χ0n) is 20.3. The Balaban J connectivity index is 1.92. The Kier molecular flexibility index (Phi) is 8.13. The van der Waals surface area contributed by atoms with Crippen LogP contribution < -0.4 is 5.32 Å². The molecule has 2 aliphatic heterocycles. The summed E-state index contributed by atoms with van der Waals surface area (Å²) in [5, 5.41) is 2.98. The van der Waals surface area contributed by atoms with E-state index in [4.69, 9.17) is 9.47 Å². The van der Waals surface area contributed by atoms with Gasteiger partial charge in [0.1, 0.15) is 0 Å². The Morgan fingerprint density at radius 3 is 2.36 bits per heavy atom. The van der Waals surface area contributed by atoms with Gasteiger partial charge in [-0.3, -0.25) is 14.6 Å². The summed E-state index contributed by atoms with van der Waals surface area (Å²) in [6.45, 7) is 10.0. The maximum Gasteiger partial charge on any atom is 0.338 e. The van der Waals surface area contributed by atoms with Crippen LogP contribution in [0.15, 0.2) is 29.5 Å². The van der Waals surface area contributed by atoms with E-state index in [0.717, 1.165) is 16.7 Å². The molecule has 0 radical (unpaired) electrons. The number of urea groups is 1. The van der Waals surface area contributed by atoms with Gasteiger partial charge < -0.3 is 14.8 Å². The van der Waals surface area contributed by atoms with Gasteiger partial charge >= 0.3 is 18.0 Å². The fourth-order valence-electron chi connectivity index (χ4n) is 4.58. The van der Waals surface area contributed by atoms with Crippen molar-refractivity contribution >= 4 is 18.0 Å². The number of ether oxygens (including phenoxy) is 2. The van der Waals surface area contributed by atoms with Gasteiger partial charge in [0.05, 0.1) is 30.7 Å². The van der Waals surface area contributed by atoms with Gasteiger partial charge in [-0.05, 0) is 64.8 Å². The van der Waals surface area contributed by atoms with E-state index in [1.54, 1.807) is 14.0 Å². The Labute approximate surface area is 195 Å². The number of carbonyl (C=O) groups excluding carboxylic acids is 3. The lowest BCUT2D eigenvalue weighted by atomic mass is 9.90. The van der Waals surface area contributed by atoms with Crippen LogP contribution in [-0.2, 0) is 19.1 Å². The van der Waals surface area contributed by atoms with Crippen LogP contribution >= 0.6 is 0 Å². The minimum absolute atomic E-state index is 0.102. The lowest BCUT2D eigenvalue weighted by Gasteiger charge is -2.38. The first kappa shape index (κ1) is 24.8. The number of benzene rings is 1. The molecule has 1 atom stereocenters. The molecule has 0 aliphatic carbocycles. The number of rotatable bonds is 7. The number of amides is 2. The van der Waals surface area contributed by atoms with Crippen LogP contribution in [-0.4, -0.2) is 67.7 Å². The standard InChI is InChI=1S/C25H35N3O5/c1-6-32-23(29)18-10-12-28(13-11-18)15-20-21(24(30)33-7-2)22(26-25(31)27(20)5)19-9-8-16(3)14-17(19)4/h8-9,14,18,22H,6-7,10-13,15H2,1-5H3,(H,26,31)/t22-/m0/s1. The van der Waals surface area contributed by atoms with E-state index in [-0.39, 0.29) is 24.5 Å². The third-order valence-corrected chi connectivity index (χ3v) is 6.39. The normalized spacial score (nSPS) is 20.0. The van der Waals surface area contributed by atoms with E-state index in [9.17, 15) is 14.4 Å². The molecule has 2 aliphatic rings. The SMILES string of the molecule is CCOC(=O)C1=C(CN2CCC(C(=O)OCC)CC2)N(C)C(=O)N[C@H]1c1ccc(C)cc1C. The second-order valence-electron chi connectivity index (χ2n) is 8.68. The number of piperidine rings is 1. The number of nitrogens with zero attached hydrogens (tertiary/aromatic N) is 2. The van der Waals surface area contributed by atoms with E-state index in [1.165, 1.54) is 4.90 Å². The summed E-state index contributed by atoms with van der Waals surface area (Å²) >= 11 is 0. The quantitative estimate of drug-likeness (QED) is 0.633. The number of carbonyl (C=O) groups is 3. The maximum atomic E-state index is 13.1. The summed E-state index contributed by atoms with van der Waals surface area (Å²) in [7, 11) is 1.67. The number of hydrogen-bond acceptors (Lipinski definition) is 6. The van der Waals surface area contributed by atoms with Crippen molar-refractivity contribution in [3.63, 3.8) is 0 Å². The highest BCUT2D eigenvalue weighted by atomic mass is 16.5. The molecule has 1 fully saturated rings. The molecule has 0 spiro atoms. The highest BCUT2D eigenvalue weighted by Crippen LogP contribution is 2.34. The summed E-state index contributed by atoms with van der Waals surface area (Å²) < 4.78 is 10.6. The second kappa shape index (κ2) is 10.8. The van der Waals surface area contributed by atoms with Gasteiger partial charge in [-0.25, -0.2) is 9.59 Å². The third kappa shape index (κ3) is 5.55. The maximum absolute atomic E-state index is 13.1. The molecule has 1 saturated heterocycles. The van der Waals surface area contributed by atoms with Gasteiger partial charge in [0, 0.05) is 19.3 Å². The van der Waals surface area contributed by atoms with E-state index < -0.39 is 12.0 Å². The van der Waals surface area contributed by atoms with Gasteiger partial charge in [0.25, 0.3) is 0 Å². The second-order valence-corrected chi connectivity index (χ2v) is 8.68. The zero-order chi connectivity index (χ0) is 24.1. The highest BCUT2D eigenvalue weighted by Gasteiger charge is 2.38. The first-order valence-corrected chi connectivity index (χ1v) is 11.7. The monoisotopic (exact) mass is 457 g/mol. The Bertz CT molecular complexity index is 934. The zero-order valence-corrected chi connectivity index (χ0v) is 20.3. The summed E-state index contributed by atoms with van der Waals surface area (Å²) in [4.78, 5) is 41.8. The number of nitrogens with one attached hydrogen (secondary N) is 1. The van der Waals surface area contributed by atoms with Crippen molar-refractivity contribution < 1.29 is 23.9 Å². The number of hydrogen-bond donors (Lipinski definition) is 1. The van der Waals surface area contributed by atoms with Crippen LogP contribution in [0, 0.1) is 19.8 Å². The predicted molar refractivity (Wildman–Crippen MR) is 124 cm³/mol. The Hall–Kier alpha value is -2.87. The van der Waals surface area contributed by atoms with Gasteiger partial charge in [0.15, 0.2) is 0 Å². The predicted octanol–water partition coefficient (Wildman–Crippen LogP) is 3.09. The van der Waals surface area contributed by atoms with E-state index in [1.807, 2.05) is 39.0 Å². The summed E-state index contributed by atoms with van der Waals surface area (Å²) in [6.07, 6.45) is 1.38. The lowest BCUT2D eigenvalue weighted by molar-refractivity contribution is -0.149. The first-order valence-electron chi connectivity index (χ1n) is 11.7. The molecular formula is C25H35N3O5. The molecule has 8 heteroatoms. The van der Waals surface area contributed by atoms with Gasteiger partial charge in [-0.2, -0.15) is 0 Å². The average Bonchev–Trinajstić information content (AvgIpc) is 2.77. The molecular weight excluding hydrogens is 422 g/mol. The van der Waals surface area contributed by atoms with Crippen LogP contribution in [0.2, 0.25) is 0 Å². The van der Waals surface area contributed by atoms with Crippen molar-refractivity contribution in [2.45, 2.75) is 46.6 Å². The molecule has 2 heterocycles. The molecule has 0 aromatic heterocycles. The van der Waals surface area contributed by atoms with Crippen molar-refractivity contribution in [1.29, 1.82) is 0 Å². The molecule has 180 valence electrons. The van der Waals surface area contributed by atoms with E-state index in [0.29, 0.717) is 50.4 Å². The minimum Gasteiger partial charge on any atom is -0.466 e. The van der Waals surface area contributed by atoms with Gasteiger partial charge in [0.2, 0.25) is 0 Å². The smallest absolute Gasteiger partial charge is 0.338 e. The topological polar surface area (TPSA) is 88.2 Å². The molecule has 8 nitrogen and oxygen atoms in total. The molecule has 0 saturated carbocycles. The van der Waals surface area contributed by atoms with Crippen molar-refractivity contribution in [1.82, 2.24) is 15.1 Å². The number of aryl methyl sites for hydroxylation is 2. The van der Waals surface area contributed by atoms with Crippen LogP contribution in [0.5, 0.6) is 0 Å². The lowest BCUT2D eigenvalue weighted by Crippen LogP contribution is -2.50. The molecule has 33 heavy (non-hydrogen) atoms. The molecule has 3 rings (SSSR count). The van der Waals surface area contributed by atoms with Crippen molar-refractivity contribution in [3.8, 4) is 0 Å². The minimum atomic E-state index is -0.583. The van der Waals surface area contributed by atoms with E-state index >= 15 is 0 Å². The van der Waals surface area contributed by atoms with E-state index in [2.05, 4.69) is 10.2 Å². The van der Waals surface area contributed by atoms with Crippen molar-refractivity contribution in [3.05, 3.63) is 46.2 Å². The van der Waals surface area contributed by atoms with Crippen LogP contribution in [0.1, 0.15) is 49.4 Å². The van der Waals surface area contributed by atoms with Crippen LogP contribution in [0.4, 0.5) is 4.79 Å². The van der Waals surface area contributed by atoms with Crippen molar-refractivity contribution in [2.75, 3.05) is 39.9 Å². The summed E-state index contributed by atoms with van der Waals surface area (Å²) in [6, 6.07) is 5.14. The number of likely N-dealkylation sites (N-methyl/N-ethyl adjacent to an activating group) is 1. The van der Waals surface area contributed by atoms with Crippen LogP contribution in [0.25, 0.3) is 0 Å². The largest absolute Gasteiger partial charge is 0.466 e. The average molecular weight is 458 g/mol. The molecule has 1 aromatic carbocycles. The fraction of sp³-hybridized carbons (Fsp3) is 0.560. The number of esters is 2. The van der Waals surface area contributed by atoms with Crippen molar-refractivity contribution in [2.24, 2.45) is 5.92 Å². The third-order valence-electron chi connectivity index (χ3n) is 6.39. The van der Waals surface area contributed by atoms with Crippen LogP contribution in [0.3, 0.4) is 0 Å². The van der Waals surface area contributed by atoms with Gasteiger partial charge in [-0.1, -0.05) is 23.8 Å². The molecule has 1 aromatic rings. The Morgan fingerprint density at radius 1 is 1.09 bits per heavy atom. The summed E-state index contributed by atoms with van der Waals surface area (Å²) in [5.74, 6) is -0.673. The summed E-state index contributed by atoms with van der Waals surface area (Å²) in [5.41, 5.74) is 4.09. The fourth-order valence-corrected chi connectivity index (χ4v) is 4.58. The first-order chi connectivity index (χ1) is 15.8. The molecule has 0 unspecified atom stereocenters. The molecule has 0 bridgehead atoms. The van der Waals surface area contributed by atoms with Gasteiger partial charge in [-0.15, -0.1) is 0 Å². The number of likely N-dealkylation sites (tertiary alicyclic amines) is 1. The molecule has 1 N–H and O–H groups in total. The molecule has 2 amide bonds. The Morgan fingerprint density at radius 2 is 1.76 bits per heavy atom.